The zero-order valence-corrected chi connectivity index (χ0v) is 16.1. The van der Waals surface area contributed by atoms with Crippen LogP contribution in [0.25, 0.3) is 0 Å². The number of anilines is 1. The fraction of sp³-hybridized carbons (Fsp3) is 0.526. The number of amides is 1. The minimum atomic E-state index is -0.0119. The van der Waals surface area contributed by atoms with Gasteiger partial charge in [0.15, 0.2) is 0 Å². The van der Waals surface area contributed by atoms with E-state index in [0.717, 1.165) is 31.2 Å². The lowest BCUT2D eigenvalue weighted by molar-refractivity contribution is 0.0747. The number of aryl methyl sites for hydroxylation is 1. The van der Waals surface area contributed by atoms with Crippen molar-refractivity contribution in [2.45, 2.75) is 25.9 Å². The SMILES string of the molecule is CCN(Cc1nccn1C)C(=O)c1ccc(N2CC[C@H](N(C)C)C2)nc1. The van der Waals surface area contributed by atoms with Crippen molar-refractivity contribution in [3.05, 3.63) is 42.1 Å². The molecule has 26 heavy (non-hydrogen) atoms. The van der Waals surface area contributed by atoms with Gasteiger partial charge in [0.25, 0.3) is 5.91 Å². The number of hydrogen-bond acceptors (Lipinski definition) is 5. The number of aromatic nitrogens is 3. The molecule has 0 N–H and O–H groups in total. The molecule has 0 aromatic carbocycles. The largest absolute Gasteiger partial charge is 0.355 e. The number of likely N-dealkylation sites (N-methyl/N-ethyl adjacent to an activating group) is 1. The maximum absolute atomic E-state index is 12.8. The molecule has 140 valence electrons. The first kappa shape index (κ1) is 18.4. The van der Waals surface area contributed by atoms with Crippen molar-refractivity contribution in [2.75, 3.05) is 38.6 Å². The van der Waals surface area contributed by atoms with Crippen LogP contribution >= 0.6 is 0 Å². The Morgan fingerprint density at radius 3 is 2.65 bits per heavy atom. The minimum Gasteiger partial charge on any atom is -0.355 e. The monoisotopic (exact) mass is 356 g/mol. The molecule has 1 amide bonds. The Kier molecular flexibility index (Phi) is 5.56. The lowest BCUT2D eigenvalue weighted by Crippen LogP contribution is -2.32. The standard InChI is InChI=1S/C19H28N6O/c1-5-24(14-18-20-9-11-23(18)4)19(26)15-6-7-17(21-12-15)25-10-8-16(13-25)22(2)3/h6-7,9,11-12,16H,5,8,10,13-14H2,1-4H3/t16-/m0/s1. The molecular formula is C19H28N6O. The lowest BCUT2D eigenvalue weighted by Gasteiger charge is -2.22. The highest BCUT2D eigenvalue weighted by Gasteiger charge is 2.25. The Labute approximate surface area is 155 Å². The Hall–Kier alpha value is -2.41. The van der Waals surface area contributed by atoms with E-state index >= 15 is 0 Å². The third-order valence-electron chi connectivity index (χ3n) is 5.13. The van der Waals surface area contributed by atoms with Crippen molar-refractivity contribution in [1.29, 1.82) is 0 Å². The quantitative estimate of drug-likeness (QED) is 0.787. The fourth-order valence-electron chi connectivity index (χ4n) is 3.30. The maximum Gasteiger partial charge on any atom is 0.255 e. The van der Waals surface area contributed by atoms with Crippen molar-refractivity contribution < 1.29 is 4.79 Å². The molecule has 1 saturated heterocycles. The van der Waals surface area contributed by atoms with Crippen LogP contribution in [0.1, 0.15) is 29.5 Å². The summed E-state index contributed by atoms with van der Waals surface area (Å²) in [6, 6.07) is 4.40. The van der Waals surface area contributed by atoms with Gasteiger partial charge in [0.1, 0.15) is 11.6 Å². The summed E-state index contributed by atoms with van der Waals surface area (Å²) in [6.07, 6.45) is 6.48. The van der Waals surface area contributed by atoms with Gasteiger partial charge in [0.2, 0.25) is 0 Å². The van der Waals surface area contributed by atoms with E-state index < -0.39 is 0 Å². The van der Waals surface area contributed by atoms with Gasteiger partial charge in [0.05, 0.1) is 12.1 Å². The van der Waals surface area contributed by atoms with Gasteiger partial charge in [0, 0.05) is 51.3 Å². The third kappa shape index (κ3) is 3.88. The number of nitrogens with zero attached hydrogens (tertiary/aromatic N) is 6. The van der Waals surface area contributed by atoms with Crippen molar-refractivity contribution in [2.24, 2.45) is 7.05 Å². The molecule has 0 aliphatic carbocycles. The second-order valence-electron chi connectivity index (χ2n) is 7.03. The van der Waals surface area contributed by atoms with Crippen LogP contribution in [-0.4, -0.2) is 70.0 Å². The van der Waals surface area contributed by atoms with Crippen LogP contribution in [0.2, 0.25) is 0 Å². The van der Waals surface area contributed by atoms with Gasteiger partial charge in [-0.3, -0.25) is 4.79 Å². The molecule has 0 spiro atoms. The first-order chi connectivity index (χ1) is 12.5. The van der Waals surface area contributed by atoms with E-state index in [9.17, 15) is 4.79 Å². The average Bonchev–Trinajstić information content (AvgIpc) is 3.29. The van der Waals surface area contributed by atoms with Crippen LogP contribution in [0, 0.1) is 0 Å². The first-order valence-electron chi connectivity index (χ1n) is 9.12. The normalized spacial score (nSPS) is 17.1. The van der Waals surface area contributed by atoms with Crippen LogP contribution < -0.4 is 4.90 Å². The number of carbonyl (C=O) groups is 1. The summed E-state index contributed by atoms with van der Waals surface area (Å²) in [6.45, 7) is 5.09. The summed E-state index contributed by atoms with van der Waals surface area (Å²) < 4.78 is 1.94. The molecule has 0 bridgehead atoms. The molecule has 1 atom stereocenters. The van der Waals surface area contributed by atoms with Crippen molar-refractivity contribution in [1.82, 2.24) is 24.3 Å². The summed E-state index contributed by atoms with van der Waals surface area (Å²) in [5.74, 6) is 1.80. The summed E-state index contributed by atoms with van der Waals surface area (Å²) in [5, 5.41) is 0. The second-order valence-corrected chi connectivity index (χ2v) is 7.03. The van der Waals surface area contributed by atoms with Crippen LogP contribution in [0.15, 0.2) is 30.7 Å². The molecular weight excluding hydrogens is 328 g/mol. The highest BCUT2D eigenvalue weighted by molar-refractivity contribution is 5.94. The van der Waals surface area contributed by atoms with Gasteiger partial charge in [-0.2, -0.15) is 0 Å². The fourth-order valence-corrected chi connectivity index (χ4v) is 3.30. The molecule has 2 aromatic heterocycles. The number of hydrogen-bond donors (Lipinski definition) is 0. The molecule has 0 radical (unpaired) electrons. The van der Waals surface area contributed by atoms with Crippen LogP contribution in [0.4, 0.5) is 5.82 Å². The summed E-state index contributed by atoms with van der Waals surface area (Å²) in [5.41, 5.74) is 0.619. The predicted octanol–water partition coefficient (Wildman–Crippen LogP) is 1.62. The van der Waals surface area contributed by atoms with Crippen molar-refractivity contribution in [3.63, 3.8) is 0 Å². The number of carbonyl (C=O) groups excluding carboxylic acids is 1. The molecule has 1 aliphatic rings. The molecule has 3 rings (SSSR count). The zero-order chi connectivity index (χ0) is 18.7. The van der Waals surface area contributed by atoms with Gasteiger partial charge in [-0.05, 0) is 39.6 Å². The lowest BCUT2D eigenvalue weighted by atomic mass is 10.2. The van der Waals surface area contributed by atoms with Gasteiger partial charge in [-0.1, -0.05) is 0 Å². The van der Waals surface area contributed by atoms with Crippen LogP contribution in [0.3, 0.4) is 0 Å². The summed E-state index contributed by atoms with van der Waals surface area (Å²) in [4.78, 5) is 28.0. The van der Waals surface area contributed by atoms with Crippen molar-refractivity contribution in [3.8, 4) is 0 Å². The van der Waals surface area contributed by atoms with E-state index in [1.165, 1.54) is 0 Å². The van der Waals surface area contributed by atoms with Gasteiger partial charge in [-0.25, -0.2) is 9.97 Å². The Bertz CT molecular complexity index is 739. The third-order valence-corrected chi connectivity index (χ3v) is 5.13. The molecule has 7 heteroatoms. The van der Waals surface area contributed by atoms with E-state index in [2.05, 4.69) is 33.9 Å². The van der Waals surface area contributed by atoms with Gasteiger partial charge >= 0.3 is 0 Å². The molecule has 1 aliphatic heterocycles. The minimum absolute atomic E-state index is 0.0119. The van der Waals surface area contributed by atoms with E-state index in [-0.39, 0.29) is 5.91 Å². The molecule has 1 fully saturated rings. The van der Waals surface area contributed by atoms with Crippen LogP contribution in [0.5, 0.6) is 0 Å². The Balaban J connectivity index is 1.67. The van der Waals surface area contributed by atoms with Gasteiger partial charge < -0.3 is 19.3 Å². The topological polar surface area (TPSA) is 57.5 Å². The number of rotatable bonds is 6. The van der Waals surface area contributed by atoms with E-state index in [1.54, 1.807) is 17.3 Å². The highest BCUT2D eigenvalue weighted by Crippen LogP contribution is 2.20. The first-order valence-corrected chi connectivity index (χ1v) is 9.12. The summed E-state index contributed by atoms with van der Waals surface area (Å²) >= 11 is 0. The molecule has 0 saturated carbocycles. The maximum atomic E-state index is 12.8. The summed E-state index contributed by atoms with van der Waals surface area (Å²) in [7, 11) is 6.17. The molecule has 7 nitrogen and oxygen atoms in total. The molecule has 0 unspecified atom stereocenters. The Morgan fingerprint density at radius 2 is 2.12 bits per heavy atom. The zero-order valence-electron chi connectivity index (χ0n) is 16.1. The number of pyridine rings is 1. The van der Waals surface area contributed by atoms with Gasteiger partial charge in [-0.15, -0.1) is 0 Å². The van der Waals surface area contributed by atoms with E-state index in [1.807, 2.05) is 36.9 Å². The predicted molar refractivity (Wildman–Crippen MR) is 102 cm³/mol. The van der Waals surface area contributed by atoms with E-state index in [0.29, 0.717) is 24.7 Å². The molecule has 3 heterocycles. The van der Waals surface area contributed by atoms with Crippen molar-refractivity contribution >= 4 is 11.7 Å². The van der Waals surface area contributed by atoms with E-state index in [4.69, 9.17) is 0 Å². The second kappa shape index (κ2) is 7.86. The average molecular weight is 356 g/mol. The smallest absolute Gasteiger partial charge is 0.255 e. The Morgan fingerprint density at radius 1 is 1.31 bits per heavy atom. The van der Waals surface area contributed by atoms with Crippen LogP contribution in [-0.2, 0) is 13.6 Å². The number of imidazole rings is 1. The molecule has 2 aromatic rings. The highest BCUT2D eigenvalue weighted by atomic mass is 16.2.